The van der Waals surface area contributed by atoms with Crippen molar-refractivity contribution >= 4 is 7.82 Å². The average Bonchev–Trinajstić information content (AvgIpc) is 2.65. The summed E-state index contributed by atoms with van der Waals surface area (Å²) >= 11 is 0. The van der Waals surface area contributed by atoms with Gasteiger partial charge in [0.05, 0.1) is 25.4 Å². The Kier molecular flexibility index (Phi) is 20.0. The van der Waals surface area contributed by atoms with Crippen molar-refractivity contribution in [2.75, 3.05) is 26.4 Å². The van der Waals surface area contributed by atoms with Crippen LogP contribution in [-0.4, -0.2) is 43.5 Å². The Morgan fingerprint density at radius 1 is 0.655 bits per heavy atom. The molecule has 0 fully saturated rings. The normalized spacial score (nSPS) is 15.9. The van der Waals surface area contributed by atoms with Crippen LogP contribution in [0.4, 0.5) is 0 Å². The van der Waals surface area contributed by atoms with Crippen LogP contribution in [0.3, 0.4) is 0 Å². The summed E-state index contributed by atoms with van der Waals surface area (Å²) in [4.78, 5) is 9.90. The maximum atomic E-state index is 12.1. The summed E-state index contributed by atoms with van der Waals surface area (Å²) in [6.45, 7) is 9.72. The van der Waals surface area contributed by atoms with E-state index in [9.17, 15) is 9.46 Å². The molecule has 6 nitrogen and oxygen atoms in total. The molecule has 0 heterocycles. The molecule has 0 aliphatic heterocycles. The molecule has 176 valence electrons. The van der Waals surface area contributed by atoms with E-state index in [-0.39, 0.29) is 13.2 Å². The van der Waals surface area contributed by atoms with E-state index in [0.29, 0.717) is 13.2 Å². The van der Waals surface area contributed by atoms with E-state index in [4.69, 9.17) is 18.5 Å². The second-order valence-electron chi connectivity index (χ2n) is 7.99. The Hall–Kier alpha value is 0.0300. The van der Waals surface area contributed by atoms with E-state index in [1.807, 2.05) is 0 Å². The van der Waals surface area contributed by atoms with Gasteiger partial charge in [-0.2, -0.15) is 0 Å². The minimum atomic E-state index is -4.11. The molecule has 0 aromatic rings. The molecule has 2 unspecified atom stereocenters. The number of ether oxygens (including phenoxy) is 2. The number of rotatable bonds is 22. The van der Waals surface area contributed by atoms with Crippen molar-refractivity contribution in [1.29, 1.82) is 0 Å². The van der Waals surface area contributed by atoms with Crippen molar-refractivity contribution in [3.63, 3.8) is 0 Å². The summed E-state index contributed by atoms with van der Waals surface area (Å²) in [5, 5.41) is 0. The molecule has 1 N–H and O–H groups in total. The van der Waals surface area contributed by atoms with Crippen LogP contribution < -0.4 is 0 Å². The summed E-state index contributed by atoms with van der Waals surface area (Å²) in [5.41, 5.74) is 0. The van der Waals surface area contributed by atoms with Crippen molar-refractivity contribution in [2.24, 2.45) is 0 Å². The van der Waals surface area contributed by atoms with Gasteiger partial charge >= 0.3 is 7.82 Å². The van der Waals surface area contributed by atoms with Gasteiger partial charge in [0, 0.05) is 13.2 Å². The van der Waals surface area contributed by atoms with Crippen molar-refractivity contribution in [2.45, 2.75) is 117 Å². The monoisotopic (exact) mass is 438 g/mol. The van der Waals surface area contributed by atoms with Gasteiger partial charge in [0.25, 0.3) is 0 Å². The fourth-order valence-corrected chi connectivity index (χ4v) is 4.09. The standard InChI is InChI=1S/C22H47O6P/c1-5-7-9-11-13-15-17-25-19-21(3)27-29(23,24)28-22(4)20-26-18-16-14-12-10-8-6-2/h21-22H,5-20H2,1-4H3,(H,23,24). The van der Waals surface area contributed by atoms with Gasteiger partial charge in [-0.05, 0) is 26.7 Å². The first kappa shape index (κ1) is 29.0. The van der Waals surface area contributed by atoms with Gasteiger partial charge in [-0.25, -0.2) is 4.57 Å². The molecule has 0 saturated heterocycles. The van der Waals surface area contributed by atoms with E-state index < -0.39 is 20.0 Å². The first-order chi connectivity index (χ1) is 13.9. The minimum absolute atomic E-state index is 0.284. The molecule has 0 bridgehead atoms. The highest BCUT2D eigenvalue weighted by atomic mass is 31.2. The van der Waals surface area contributed by atoms with Gasteiger partial charge in [0.15, 0.2) is 0 Å². The van der Waals surface area contributed by atoms with Gasteiger partial charge in [-0.15, -0.1) is 0 Å². The summed E-state index contributed by atoms with van der Waals surface area (Å²) in [7, 11) is -4.11. The zero-order valence-electron chi connectivity index (χ0n) is 19.4. The smallest absolute Gasteiger partial charge is 0.379 e. The highest BCUT2D eigenvalue weighted by Gasteiger charge is 2.27. The Labute approximate surface area is 179 Å². The molecular formula is C22H47O6P. The molecule has 0 radical (unpaired) electrons. The van der Waals surface area contributed by atoms with Gasteiger partial charge in [0.2, 0.25) is 0 Å². The van der Waals surface area contributed by atoms with Crippen molar-refractivity contribution in [1.82, 2.24) is 0 Å². The quantitative estimate of drug-likeness (QED) is 0.151. The highest BCUT2D eigenvalue weighted by Crippen LogP contribution is 2.45. The summed E-state index contributed by atoms with van der Waals surface area (Å²) in [6.07, 6.45) is 13.5. The van der Waals surface area contributed by atoms with Crippen molar-refractivity contribution < 1.29 is 28.0 Å². The lowest BCUT2D eigenvalue weighted by Crippen LogP contribution is -2.20. The number of hydrogen-bond donors (Lipinski definition) is 1. The molecular weight excluding hydrogens is 391 g/mol. The maximum Gasteiger partial charge on any atom is 0.472 e. The Bertz CT molecular complexity index is 361. The fraction of sp³-hybridized carbons (Fsp3) is 1.00. The molecule has 0 spiro atoms. The largest absolute Gasteiger partial charge is 0.472 e. The molecule has 0 aromatic carbocycles. The summed E-state index contributed by atoms with van der Waals surface area (Å²) < 4.78 is 33.5. The Morgan fingerprint density at radius 3 is 1.38 bits per heavy atom. The first-order valence-corrected chi connectivity index (χ1v) is 13.3. The van der Waals surface area contributed by atoms with Crippen LogP contribution in [0.5, 0.6) is 0 Å². The van der Waals surface area contributed by atoms with Crippen molar-refractivity contribution in [3.05, 3.63) is 0 Å². The molecule has 2 atom stereocenters. The lowest BCUT2D eigenvalue weighted by Gasteiger charge is -2.21. The molecule has 0 aromatic heterocycles. The van der Waals surface area contributed by atoms with Crippen LogP contribution in [0, 0.1) is 0 Å². The fourth-order valence-electron chi connectivity index (χ4n) is 3.01. The molecule has 0 saturated carbocycles. The lowest BCUT2D eigenvalue weighted by molar-refractivity contribution is 0.00555. The second kappa shape index (κ2) is 20.0. The topological polar surface area (TPSA) is 74.2 Å². The molecule has 7 heteroatoms. The zero-order valence-corrected chi connectivity index (χ0v) is 20.3. The van der Waals surface area contributed by atoms with E-state index >= 15 is 0 Å². The van der Waals surface area contributed by atoms with E-state index in [2.05, 4.69) is 13.8 Å². The Morgan fingerprint density at radius 2 is 1.00 bits per heavy atom. The third kappa shape index (κ3) is 21.1. The number of unbranched alkanes of at least 4 members (excludes halogenated alkanes) is 10. The third-order valence-electron chi connectivity index (χ3n) is 4.62. The molecule has 0 rings (SSSR count). The predicted molar refractivity (Wildman–Crippen MR) is 119 cm³/mol. The van der Waals surface area contributed by atoms with Crippen LogP contribution in [0.15, 0.2) is 0 Å². The molecule has 0 aliphatic carbocycles. The number of phosphoric acid groups is 1. The van der Waals surface area contributed by atoms with Gasteiger partial charge in [-0.3, -0.25) is 9.05 Å². The molecule has 0 amide bonds. The van der Waals surface area contributed by atoms with Crippen LogP contribution in [0.25, 0.3) is 0 Å². The molecule has 0 aliphatic rings. The predicted octanol–water partition coefficient (Wildman–Crippen LogP) is 6.65. The average molecular weight is 439 g/mol. The summed E-state index contributed by atoms with van der Waals surface area (Å²) in [5.74, 6) is 0. The van der Waals surface area contributed by atoms with Gasteiger partial charge in [0.1, 0.15) is 0 Å². The van der Waals surface area contributed by atoms with Crippen LogP contribution in [0.1, 0.15) is 105 Å². The second-order valence-corrected chi connectivity index (χ2v) is 9.34. The number of phosphoric ester groups is 1. The minimum Gasteiger partial charge on any atom is -0.379 e. The summed E-state index contributed by atoms with van der Waals surface area (Å²) in [6, 6.07) is 0. The van der Waals surface area contributed by atoms with Crippen LogP contribution in [0.2, 0.25) is 0 Å². The van der Waals surface area contributed by atoms with E-state index in [0.717, 1.165) is 25.7 Å². The molecule has 29 heavy (non-hydrogen) atoms. The SMILES string of the molecule is CCCCCCCCOCC(C)OP(=O)(O)OC(C)COCCCCCCCC. The lowest BCUT2D eigenvalue weighted by atomic mass is 10.1. The highest BCUT2D eigenvalue weighted by molar-refractivity contribution is 7.47. The Balaban J connectivity index is 3.69. The van der Waals surface area contributed by atoms with Gasteiger partial charge in [-0.1, -0.05) is 78.1 Å². The zero-order chi connectivity index (χ0) is 21.8. The van der Waals surface area contributed by atoms with E-state index in [1.165, 1.54) is 51.4 Å². The van der Waals surface area contributed by atoms with Gasteiger partial charge < -0.3 is 14.4 Å². The van der Waals surface area contributed by atoms with Crippen LogP contribution in [-0.2, 0) is 23.1 Å². The van der Waals surface area contributed by atoms with Crippen LogP contribution >= 0.6 is 7.82 Å². The first-order valence-electron chi connectivity index (χ1n) is 11.8. The maximum absolute atomic E-state index is 12.1. The van der Waals surface area contributed by atoms with E-state index in [1.54, 1.807) is 13.8 Å². The van der Waals surface area contributed by atoms with Crippen molar-refractivity contribution in [3.8, 4) is 0 Å². The number of hydrogen-bond acceptors (Lipinski definition) is 5. The third-order valence-corrected chi connectivity index (χ3v) is 5.87.